The summed E-state index contributed by atoms with van der Waals surface area (Å²) in [5, 5.41) is 11.8. The molecule has 0 amide bonds. The Hall–Kier alpha value is -1.27. The van der Waals surface area contributed by atoms with Crippen LogP contribution in [0.25, 0.3) is 0 Å². The minimum atomic E-state index is 0.121. The molecule has 0 aliphatic carbocycles. The van der Waals surface area contributed by atoms with Gasteiger partial charge in [0, 0.05) is 48.4 Å². The highest BCUT2D eigenvalue weighted by molar-refractivity contribution is 9.10. The standard InChI is InChI=1S/C15H23BrN4O/c1-11(2)10-19-5-7-20(8-6-19)12-3-4-13(14(16)9-12)15(17)18-21/h3-4,9,11,21H,5-8,10H2,1-2H3,(H2,17,18). The fraction of sp³-hybridized carbons (Fsp3) is 0.533. The van der Waals surface area contributed by atoms with Gasteiger partial charge in [-0.15, -0.1) is 0 Å². The number of nitrogens with two attached hydrogens (primary N) is 1. The average molecular weight is 355 g/mol. The monoisotopic (exact) mass is 354 g/mol. The lowest BCUT2D eigenvalue weighted by Gasteiger charge is -2.37. The maximum absolute atomic E-state index is 8.76. The molecule has 116 valence electrons. The molecule has 1 aromatic rings. The van der Waals surface area contributed by atoms with E-state index in [2.05, 4.69) is 44.7 Å². The van der Waals surface area contributed by atoms with Crippen molar-refractivity contribution in [1.82, 2.24) is 4.90 Å². The van der Waals surface area contributed by atoms with E-state index in [-0.39, 0.29) is 5.84 Å². The van der Waals surface area contributed by atoms with Crippen LogP contribution in [0.5, 0.6) is 0 Å². The molecule has 1 fully saturated rings. The fourth-order valence-electron chi connectivity index (χ4n) is 2.67. The maximum Gasteiger partial charge on any atom is 0.171 e. The van der Waals surface area contributed by atoms with Crippen LogP contribution >= 0.6 is 15.9 Å². The molecule has 21 heavy (non-hydrogen) atoms. The molecule has 0 spiro atoms. The van der Waals surface area contributed by atoms with Crippen molar-refractivity contribution < 1.29 is 5.21 Å². The van der Waals surface area contributed by atoms with Crippen molar-refractivity contribution in [1.29, 1.82) is 0 Å². The first-order valence-corrected chi connectivity index (χ1v) is 8.05. The van der Waals surface area contributed by atoms with Gasteiger partial charge in [-0.2, -0.15) is 0 Å². The zero-order valence-corrected chi connectivity index (χ0v) is 14.2. The van der Waals surface area contributed by atoms with E-state index in [1.165, 1.54) is 12.2 Å². The number of amidine groups is 1. The quantitative estimate of drug-likeness (QED) is 0.377. The van der Waals surface area contributed by atoms with Gasteiger partial charge in [0.25, 0.3) is 0 Å². The summed E-state index contributed by atoms with van der Waals surface area (Å²) in [4.78, 5) is 4.89. The number of hydrogen-bond acceptors (Lipinski definition) is 4. The minimum Gasteiger partial charge on any atom is -0.409 e. The number of oxime groups is 1. The van der Waals surface area contributed by atoms with Gasteiger partial charge < -0.3 is 15.8 Å². The number of benzene rings is 1. The molecule has 0 atom stereocenters. The third-order valence-corrected chi connectivity index (χ3v) is 4.35. The van der Waals surface area contributed by atoms with E-state index in [0.717, 1.165) is 30.7 Å². The van der Waals surface area contributed by atoms with Crippen molar-refractivity contribution in [2.75, 3.05) is 37.6 Å². The average Bonchev–Trinajstić information content (AvgIpc) is 2.46. The zero-order chi connectivity index (χ0) is 15.4. The van der Waals surface area contributed by atoms with Crippen LogP contribution in [0.3, 0.4) is 0 Å². The molecule has 0 bridgehead atoms. The van der Waals surface area contributed by atoms with E-state index in [4.69, 9.17) is 10.9 Å². The summed E-state index contributed by atoms with van der Waals surface area (Å²) >= 11 is 3.49. The first kappa shape index (κ1) is 16.1. The molecule has 2 rings (SSSR count). The second kappa shape index (κ2) is 7.13. The molecule has 1 aliphatic rings. The topological polar surface area (TPSA) is 65.1 Å². The second-order valence-corrected chi connectivity index (χ2v) is 6.69. The lowest BCUT2D eigenvalue weighted by molar-refractivity contribution is 0.231. The Morgan fingerprint density at radius 1 is 1.33 bits per heavy atom. The highest BCUT2D eigenvalue weighted by Crippen LogP contribution is 2.25. The number of hydrogen-bond donors (Lipinski definition) is 2. The summed E-state index contributed by atoms with van der Waals surface area (Å²) in [6.07, 6.45) is 0. The number of anilines is 1. The van der Waals surface area contributed by atoms with Gasteiger partial charge in [-0.1, -0.05) is 19.0 Å². The van der Waals surface area contributed by atoms with Crippen molar-refractivity contribution in [2.24, 2.45) is 16.8 Å². The van der Waals surface area contributed by atoms with Crippen LogP contribution < -0.4 is 10.6 Å². The Morgan fingerprint density at radius 3 is 2.52 bits per heavy atom. The van der Waals surface area contributed by atoms with E-state index in [0.29, 0.717) is 11.5 Å². The van der Waals surface area contributed by atoms with Crippen LogP contribution in [-0.4, -0.2) is 48.7 Å². The molecular formula is C15H23BrN4O. The first-order chi connectivity index (χ1) is 10.0. The third kappa shape index (κ3) is 4.11. The molecule has 0 aromatic heterocycles. The predicted molar refractivity (Wildman–Crippen MR) is 90.1 cm³/mol. The molecule has 0 radical (unpaired) electrons. The van der Waals surface area contributed by atoms with Gasteiger partial charge in [-0.25, -0.2) is 0 Å². The zero-order valence-electron chi connectivity index (χ0n) is 12.6. The molecule has 3 N–H and O–H groups in total. The molecule has 1 aliphatic heterocycles. The van der Waals surface area contributed by atoms with Crippen molar-refractivity contribution in [2.45, 2.75) is 13.8 Å². The van der Waals surface area contributed by atoms with Crippen LogP contribution in [0, 0.1) is 5.92 Å². The molecule has 6 heteroatoms. The Kier molecular flexibility index (Phi) is 5.47. The van der Waals surface area contributed by atoms with Gasteiger partial charge in [-0.3, -0.25) is 4.90 Å². The smallest absolute Gasteiger partial charge is 0.171 e. The molecule has 1 saturated heterocycles. The Balaban J connectivity index is 2.02. The lowest BCUT2D eigenvalue weighted by Crippen LogP contribution is -2.47. The minimum absolute atomic E-state index is 0.121. The predicted octanol–water partition coefficient (Wildman–Crippen LogP) is 2.32. The van der Waals surface area contributed by atoms with Gasteiger partial charge in [0.2, 0.25) is 0 Å². The van der Waals surface area contributed by atoms with E-state index >= 15 is 0 Å². The molecule has 5 nitrogen and oxygen atoms in total. The summed E-state index contributed by atoms with van der Waals surface area (Å²) in [6, 6.07) is 5.94. The summed E-state index contributed by atoms with van der Waals surface area (Å²) < 4.78 is 0.847. The maximum atomic E-state index is 8.76. The molecule has 0 unspecified atom stereocenters. The Morgan fingerprint density at radius 2 is 2.00 bits per heavy atom. The summed E-state index contributed by atoms with van der Waals surface area (Å²) in [5.74, 6) is 0.834. The van der Waals surface area contributed by atoms with Crippen molar-refractivity contribution >= 4 is 27.5 Å². The van der Waals surface area contributed by atoms with Gasteiger partial charge in [-0.05, 0) is 40.0 Å². The SMILES string of the molecule is CC(C)CN1CCN(c2ccc(/C(N)=N/O)c(Br)c2)CC1. The lowest BCUT2D eigenvalue weighted by atomic mass is 10.1. The molecule has 0 saturated carbocycles. The van der Waals surface area contributed by atoms with Gasteiger partial charge in [0.1, 0.15) is 0 Å². The first-order valence-electron chi connectivity index (χ1n) is 7.26. The Labute approximate surface area is 134 Å². The normalized spacial score (nSPS) is 17.5. The molecular weight excluding hydrogens is 332 g/mol. The summed E-state index contributed by atoms with van der Waals surface area (Å²) in [6.45, 7) is 9.93. The molecule has 1 heterocycles. The number of rotatable bonds is 4. The summed E-state index contributed by atoms with van der Waals surface area (Å²) in [7, 11) is 0. The largest absolute Gasteiger partial charge is 0.409 e. The van der Waals surface area contributed by atoms with E-state index < -0.39 is 0 Å². The van der Waals surface area contributed by atoms with Crippen LogP contribution in [0.15, 0.2) is 27.8 Å². The second-order valence-electron chi connectivity index (χ2n) is 5.83. The molecule has 1 aromatic carbocycles. The van der Waals surface area contributed by atoms with Crippen molar-refractivity contribution in [3.8, 4) is 0 Å². The van der Waals surface area contributed by atoms with Crippen LogP contribution in [0.4, 0.5) is 5.69 Å². The van der Waals surface area contributed by atoms with Crippen LogP contribution in [-0.2, 0) is 0 Å². The van der Waals surface area contributed by atoms with Gasteiger partial charge >= 0.3 is 0 Å². The Bertz CT molecular complexity index is 510. The summed E-state index contributed by atoms with van der Waals surface area (Å²) in [5.41, 5.74) is 7.51. The van der Waals surface area contributed by atoms with Crippen LogP contribution in [0.2, 0.25) is 0 Å². The number of piperazine rings is 1. The third-order valence-electron chi connectivity index (χ3n) is 3.70. The van der Waals surface area contributed by atoms with E-state index in [1.54, 1.807) is 0 Å². The fourth-order valence-corrected chi connectivity index (χ4v) is 3.24. The van der Waals surface area contributed by atoms with E-state index in [9.17, 15) is 0 Å². The van der Waals surface area contributed by atoms with Crippen molar-refractivity contribution in [3.05, 3.63) is 28.2 Å². The van der Waals surface area contributed by atoms with Gasteiger partial charge in [0.05, 0.1) is 0 Å². The van der Waals surface area contributed by atoms with Crippen LogP contribution in [0.1, 0.15) is 19.4 Å². The van der Waals surface area contributed by atoms with Crippen molar-refractivity contribution in [3.63, 3.8) is 0 Å². The van der Waals surface area contributed by atoms with E-state index in [1.807, 2.05) is 18.2 Å². The van der Waals surface area contributed by atoms with Gasteiger partial charge in [0.15, 0.2) is 5.84 Å². The highest BCUT2D eigenvalue weighted by Gasteiger charge is 2.18. The highest BCUT2D eigenvalue weighted by atomic mass is 79.9. The number of halogens is 1. The number of nitrogens with zero attached hydrogens (tertiary/aromatic N) is 3.